The van der Waals surface area contributed by atoms with Crippen molar-refractivity contribution in [2.24, 2.45) is 0 Å². The molecule has 0 aliphatic carbocycles. The number of nitrogens with one attached hydrogen (secondary N) is 1. The Bertz CT molecular complexity index is 717. The van der Waals surface area contributed by atoms with Crippen LogP contribution in [0.5, 0.6) is 5.75 Å². The van der Waals surface area contributed by atoms with E-state index in [9.17, 15) is 9.59 Å². The maximum absolute atomic E-state index is 12.3. The molecule has 116 valence electrons. The number of ether oxygens (including phenoxy) is 1. The third-order valence-electron chi connectivity index (χ3n) is 2.92. The Morgan fingerprint density at radius 1 is 1.45 bits per heavy atom. The van der Waals surface area contributed by atoms with Gasteiger partial charge in [-0.25, -0.2) is 9.78 Å². The van der Waals surface area contributed by atoms with Crippen LogP contribution in [0.15, 0.2) is 23.6 Å². The predicted octanol–water partition coefficient (Wildman–Crippen LogP) is 3.25. The van der Waals surface area contributed by atoms with Crippen LogP contribution < -0.4 is 10.1 Å². The monoisotopic (exact) mass is 340 g/mol. The molecule has 1 atom stereocenters. The first-order chi connectivity index (χ1) is 10.4. The van der Waals surface area contributed by atoms with Crippen LogP contribution in [0.4, 0.5) is 5.69 Å². The van der Waals surface area contributed by atoms with Crippen molar-refractivity contribution in [3.8, 4) is 5.75 Å². The summed E-state index contributed by atoms with van der Waals surface area (Å²) in [5.41, 5.74) is 0.377. The fraction of sp³-hybridized carbons (Fsp3) is 0.214. The zero-order valence-corrected chi connectivity index (χ0v) is 13.4. The number of aromatic carboxylic acids is 1. The zero-order valence-electron chi connectivity index (χ0n) is 11.8. The van der Waals surface area contributed by atoms with Crippen molar-refractivity contribution in [2.75, 3.05) is 12.4 Å². The molecule has 2 aromatic rings. The first kappa shape index (κ1) is 16.3. The number of benzene rings is 1. The van der Waals surface area contributed by atoms with E-state index in [1.54, 1.807) is 25.1 Å². The Hall–Kier alpha value is -2.12. The smallest absolute Gasteiger partial charge is 0.355 e. The number of carboxylic acid groups (broad SMARTS) is 1. The molecule has 1 amide bonds. The Labute approximate surface area is 135 Å². The van der Waals surface area contributed by atoms with Gasteiger partial charge in [-0.05, 0) is 25.1 Å². The summed E-state index contributed by atoms with van der Waals surface area (Å²) in [5.74, 6) is -1.56. The number of hydrogen-bond acceptors (Lipinski definition) is 5. The van der Waals surface area contributed by atoms with Gasteiger partial charge in [-0.15, -0.1) is 11.3 Å². The molecule has 22 heavy (non-hydrogen) atoms. The maximum atomic E-state index is 12.3. The molecular weight excluding hydrogens is 328 g/mol. The number of carbonyl (C=O) groups excluding carboxylic acids is 1. The van der Waals surface area contributed by atoms with E-state index in [0.717, 1.165) is 11.3 Å². The van der Waals surface area contributed by atoms with Crippen LogP contribution in [-0.2, 0) is 4.79 Å². The van der Waals surface area contributed by atoms with Crippen molar-refractivity contribution in [1.82, 2.24) is 4.98 Å². The summed E-state index contributed by atoms with van der Waals surface area (Å²) in [6.45, 7) is 1.65. The van der Waals surface area contributed by atoms with Crippen molar-refractivity contribution in [3.05, 3.63) is 39.3 Å². The van der Waals surface area contributed by atoms with Crippen molar-refractivity contribution in [3.63, 3.8) is 0 Å². The van der Waals surface area contributed by atoms with E-state index in [1.807, 2.05) is 0 Å². The zero-order chi connectivity index (χ0) is 16.3. The van der Waals surface area contributed by atoms with Gasteiger partial charge in [0.2, 0.25) is 5.91 Å². The number of anilines is 1. The Balaban J connectivity index is 2.17. The average Bonchev–Trinajstić information content (AvgIpc) is 2.96. The predicted molar refractivity (Wildman–Crippen MR) is 84.1 cm³/mol. The summed E-state index contributed by atoms with van der Waals surface area (Å²) >= 11 is 7.04. The molecule has 0 fully saturated rings. The molecule has 0 saturated heterocycles. The summed E-state index contributed by atoms with van der Waals surface area (Å²) in [6, 6.07) is 4.88. The fourth-order valence-corrected chi connectivity index (χ4v) is 2.74. The molecule has 8 heteroatoms. The van der Waals surface area contributed by atoms with E-state index in [2.05, 4.69) is 10.3 Å². The minimum absolute atomic E-state index is 0.0695. The van der Waals surface area contributed by atoms with Gasteiger partial charge >= 0.3 is 5.97 Å². The van der Waals surface area contributed by atoms with E-state index in [1.165, 1.54) is 12.5 Å². The molecule has 6 nitrogen and oxygen atoms in total. The standard InChI is InChI=1S/C14H13ClN2O4S/c1-7(13-17-10(6-22-13)14(19)20)12(18)16-9-5-8(15)3-4-11(9)21-2/h3-7H,1-2H3,(H,16,18)(H,19,20). The van der Waals surface area contributed by atoms with Crippen LogP contribution in [0.3, 0.4) is 0 Å². The molecule has 2 rings (SSSR count). The maximum Gasteiger partial charge on any atom is 0.355 e. The van der Waals surface area contributed by atoms with E-state index in [-0.39, 0.29) is 11.6 Å². The molecule has 1 aromatic carbocycles. The first-order valence-corrected chi connectivity index (χ1v) is 7.51. The highest BCUT2D eigenvalue weighted by molar-refractivity contribution is 7.10. The number of thiazole rings is 1. The van der Waals surface area contributed by atoms with Gasteiger partial charge in [0.15, 0.2) is 5.69 Å². The number of carboxylic acids is 1. The summed E-state index contributed by atoms with van der Waals surface area (Å²) < 4.78 is 5.16. The molecule has 0 radical (unpaired) electrons. The van der Waals surface area contributed by atoms with Gasteiger partial charge < -0.3 is 15.2 Å². The second-order valence-corrected chi connectivity index (χ2v) is 5.76. The number of aromatic nitrogens is 1. The van der Waals surface area contributed by atoms with Crippen molar-refractivity contribution < 1.29 is 19.4 Å². The molecule has 0 spiro atoms. The number of methoxy groups -OCH3 is 1. The lowest BCUT2D eigenvalue weighted by atomic mass is 10.1. The van der Waals surface area contributed by atoms with E-state index in [0.29, 0.717) is 21.5 Å². The lowest BCUT2D eigenvalue weighted by molar-refractivity contribution is -0.117. The van der Waals surface area contributed by atoms with Crippen LogP contribution in [0.25, 0.3) is 0 Å². The van der Waals surface area contributed by atoms with Crippen molar-refractivity contribution in [2.45, 2.75) is 12.8 Å². The highest BCUT2D eigenvalue weighted by Gasteiger charge is 2.21. The van der Waals surface area contributed by atoms with E-state index in [4.69, 9.17) is 21.4 Å². The van der Waals surface area contributed by atoms with E-state index >= 15 is 0 Å². The van der Waals surface area contributed by atoms with Crippen LogP contribution in [0.2, 0.25) is 5.02 Å². The van der Waals surface area contributed by atoms with Gasteiger partial charge in [-0.2, -0.15) is 0 Å². The normalized spacial score (nSPS) is 11.8. The summed E-state index contributed by atoms with van der Waals surface area (Å²) in [7, 11) is 1.49. The SMILES string of the molecule is COc1ccc(Cl)cc1NC(=O)C(C)c1nc(C(=O)O)cs1. The fourth-order valence-electron chi connectivity index (χ4n) is 1.72. The second-order valence-electron chi connectivity index (χ2n) is 4.43. The van der Waals surface area contributed by atoms with E-state index < -0.39 is 11.9 Å². The van der Waals surface area contributed by atoms with Gasteiger partial charge in [0.05, 0.1) is 18.7 Å². The largest absolute Gasteiger partial charge is 0.495 e. The lowest BCUT2D eigenvalue weighted by Gasteiger charge is -2.13. The minimum atomic E-state index is -1.12. The molecule has 1 aromatic heterocycles. The van der Waals surface area contributed by atoms with Gasteiger partial charge in [0.25, 0.3) is 0 Å². The van der Waals surface area contributed by atoms with Crippen molar-refractivity contribution >= 4 is 40.5 Å². The van der Waals surface area contributed by atoms with Gasteiger partial charge in [-0.1, -0.05) is 11.6 Å². The van der Waals surface area contributed by atoms with Crippen LogP contribution in [0, 0.1) is 0 Å². The molecule has 0 bridgehead atoms. The molecule has 0 aliphatic heterocycles. The summed E-state index contributed by atoms with van der Waals surface area (Å²) in [4.78, 5) is 27.0. The Morgan fingerprint density at radius 3 is 2.77 bits per heavy atom. The van der Waals surface area contributed by atoms with Crippen LogP contribution >= 0.6 is 22.9 Å². The van der Waals surface area contributed by atoms with Gasteiger partial charge in [-0.3, -0.25) is 4.79 Å². The Morgan fingerprint density at radius 2 is 2.18 bits per heavy atom. The number of rotatable bonds is 5. The third-order valence-corrected chi connectivity index (χ3v) is 4.19. The molecule has 1 unspecified atom stereocenters. The van der Waals surface area contributed by atoms with Crippen LogP contribution in [0.1, 0.15) is 28.3 Å². The number of amides is 1. The number of nitrogens with zero attached hydrogens (tertiary/aromatic N) is 1. The lowest BCUT2D eigenvalue weighted by Crippen LogP contribution is -2.19. The number of halogens is 1. The quantitative estimate of drug-likeness (QED) is 0.872. The molecule has 1 heterocycles. The van der Waals surface area contributed by atoms with Gasteiger partial charge in [0, 0.05) is 10.4 Å². The molecular formula is C14H13ClN2O4S. The van der Waals surface area contributed by atoms with Gasteiger partial charge in [0.1, 0.15) is 10.8 Å². The molecule has 0 aliphatic rings. The number of carbonyl (C=O) groups is 2. The topological polar surface area (TPSA) is 88.5 Å². The average molecular weight is 341 g/mol. The Kier molecular flexibility index (Phi) is 4.99. The van der Waals surface area contributed by atoms with Crippen molar-refractivity contribution in [1.29, 1.82) is 0 Å². The van der Waals surface area contributed by atoms with Crippen LogP contribution in [-0.4, -0.2) is 29.1 Å². The second kappa shape index (κ2) is 6.76. The first-order valence-electron chi connectivity index (χ1n) is 6.25. The summed E-state index contributed by atoms with van der Waals surface area (Å²) in [5, 5.41) is 13.9. The summed E-state index contributed by atoms with van der Waals surface area (Å²) in [6.07, 6.45) is 0. The molecule has 0 saturated carbocycles. The minimum Gasteiger partial charge on any atom is -0.495 e. The molecule has 2 N–H and O–H groups in total. The number of hydrogen-bond donors (Lipinski definition) is 2. The highest BCUT2D eigenvalue weighted by Crippen LogP contribution is 2.29. The third kappa shape index (κ3) is 3.55. The highest BCUT2D eigenvalue weighted by atomic mass is 35.5.